The monoisotopic (exact) mass is 268 g/mol. The Bertz CT molecular complexity index is 467. The molecule has 3 nitrogen and oxygen atoms in total. The largest absolute Gasteiger partial charge is 0.433 e. The minimum atomic E-state index is -5.10. The number of carbonyl (C=O) groups excluding carboxylic acids is 2. The van der Waals surface area contributed by atoms with Crippen molar-refractivity contribution >= 4 is 12.6 Å². The van der Waals surface area contributed by atoms with Gasteiger partial charge in [0.1, 0.15) is 11.3 Å². The molecule has 0 unspecified atom stereocenters. The molecule has 0 aliphatic heterocycles. The van der Waals surface area contributed by atoms with E-state index in [4.69, 9.17) is 0 Å². The van der Waals surface area contributed by atoms with Crippen LogP contribution in [0.2, 0.25) is 0 Å². The highest BCUT2D eigenvalue weighted by Gasteiger charge is 2.39. The molecule has 0 saturated carbocycles. The van der Waals surface area contributed by atoms with Crippen molar-refractivity contribution in [1.82, 2.24) is 0 Å². The average Bonchev–Trinajstić information content (AvgIpc) is 2.25. The molecule has 0 bridgehead atoms. The fraction of sp³-hybridized carbons (Fsp3) is 0.200. The third kappa shape index (κ3) is 2.82. The molecule has 1 rings (SSSR count). The fourth-order valence-corrected chi connectivity index (χ4v) is 1.31. The summed E-state index contributed by atoms with van der Waals surface area (Å²) >= 11 is 0. The van der Waals surface area contributed by atoms with E-state index in [1.165, 1.54) is 0 Å². The van der Waals surface area contributed by atoms with Gasteiger partial charge < -0.3 is 4.74 Å². The van der Waals surface area contributed by atoms with Crippen LogP contribution in [0.15, 0.2) is 12.1 Å². The number of halogens is 5. The molecule has 0 amide bonds. The number of hydrogen-bond donors (Lipinski definition) is 0. The highest BCUT2D eigenvalue weighted by Crippen LogP contribution is 2.40. The molecule has 0 aliphatic carbocycles. The highest BCUT2D eigenvalue weighted by atomic mass is 19.4. The van der Waals surface area contributed by atoms with E-state index in [1.54, 1.807) is 0 Å². The van der Waals surface area contributed by atoms with Crippen LogP contribution in [0.5, 0.6) is 5.75 Å². The maximum Gasteiger partial charge on any atom is 0.420 e. The van der Waals surface area contributed by atoms with Gasteiger partial charge in [0.05, 0.1) is 5.56 Å². The van der Waals surface area contributed by atoms with Crippen molar-refractivity contribution < 1.29 is 36.3 Å². The van der Waals surface area contributed by atoms with Crippen molar-refractivity contribution in [3.63, 3.8) is 0 Å². The summed E-state index contributed by atoms with van der Waals surface area (Å²) in [6, 6.07) is 1.50. The summed E-state index contributed by atoms with van der Waals surface area (Å²) in [4.78, 5) is 21.0. The van der Waals surface area contributed by atoms with Crippen molar-refractivity contribution in [3.05, 3.63) is 28.8 Å². The maximum atomic E-state index is 12.7. The van der Waals surface area contributed by atoms with Gasteiger partial charge in [-0.25, -0.2) is 0 Å². The van der Waals surface area contributed by atoms with Crippen molar-refractivity contribution in [2.45, 2.75) is 12.8 Å². The van der Waals surface area contributed by atoms with Gasteiger partial charge in [-0.3, -0.25) is 9.59 Å². The SMILES string of the molecule is O=Cc1ccc(C=O)c(C(F)(F)F)c1OC(F)F. The summed E-state index contributed by atoms with van der Waals surface area (Å²) in [6.45, 7) is -3.55. The van der Waals surface area contributed by atoms with Crippen LogP contribution in [-0.2, 0) is 6.18 Å². The van der Waals surface area contributed by atoms with E-state index in [9.17, 15) is 31.5 Å². The quantitative estimate of drug-likeness (QED) is 0.623. The summed E-state index contributed by atoms with van der Waals surface area (Å²) in [5.41, 5.74) is -3.29. The molecule has 8 heteroatoms. The molecule has 0 aromatic heterocycles. The van der Waals surface area contributed by atoms with Crippen LogP contribution < -0.4 is 4.74 Å². The van der Waals surface area contributed by atoms with Gasteiger partial charge in [-0.15, -0.1) is 0 Å². The van der Waals surface area contributed by atoms with Crippen molar-refractivity contribution in [1.29, 1.82) is 0 Å². The number of carbonyl (C=O) groups is 2. The normalized spacial score (nSPS) is 11.4. The minimum absolute atomic E-state index is 0.0679. The zero-order chi connectivity index (χ0) is 13.9. The molecule has 0 atom stereocenters. The lowest BCUT2D eigenvalue weighted by Gasteiger charge is -2.16. The van der Waals surface area contributed by atoms with Crippen LogP contribution in [0.3, 0.4) is 0 Å². The predicted octanol–water partition coefficient (Wildman–Crippen LogP) is 2.93. The number of alkyl halides is 5. The first kappa shape index (κ1) is 14.1. The Balaban J connectivity index is 3.58. The Kier molecular flexibility index (Phi) is 4.00. The Morgan fingerprint density at radius 1 is 1.06 bits per heavy atom. The number of hydrogen-bond acceptors (Lipinski definition) is 3. The molecule has 0 aliphatic rings. The highest BCUT2D eigenvalue weighted by molar-refractivity contribution is 5.86. The number of benzene rings is 1. The van der Waals surface area contributed by atoms with E-state index in [-0.39, 0.29) is 12.6 Å². The Labute approximate surface area is 97.2 Å². The molecule has 0 heterocycles. The Morgan fingerprint density at radius 2 is 1.56 bits per heavy atom. The molecular formula is C10H5F5O3. The molecule has 0 fully saturated rings. The lowest BCUT2D eigenvalue weighted by Crippen LogP contribution is -2.16. The molecule has 0 saturated heterocycles. The van der Waals surface area contributed by atoms with Crippen LogP contribution in [0.4, 0.5) is 22.0 Å². The van der Waals surface area contributed by atoms with Crippen LogP contribution in [0.25, 0.3) is 0 Å². The van der Waals surface area contributed by atoms with Crippen LogP contribution in [0, 0.1) is 0 Å². The summed E-state index contributed by atoms with van der Waals surface area (Å²) in [6.07, 6.45) is -5.32. The van der Waals surface area contributed by atoms with Gasteiger partial charge in [-0.1, -0.05) is 6.07 Å². The van der Waals surface area contributed by atoms with Gasteiger partial charge in [-0.2, -0.15) is 22.0 Å². The zero-order valence-electron chi connectivity index (χ0n) is 8.50. The Morgan fingerprint density at radius 3 is 1.94 bits per heavy atom. The number of aldehydes is 2. The van der Waals surface area contributed by atoms with E-state index in [0.717, 1.165) is 6.07 Å². The second kappa shape index (κ2) is 5.11. The van der Waals surface area contributed by atoms with Gasteiger partial charge in [-0.05, 0) is 6.07 Å². The van der Waals surface area contributed by atoms with E-state index in [2.05, 4.69) is 4.74 Å². The average molecular weight is 268 g/mol. The zero-order valence-corrected chi connectivity index (χ0v) is 8.50. The van der Waals surface area contributed by atoms with E-state index in [0.29, 0.717) is 6.07 Å². The summed E-state index contributed by atoms with van der Waals surface area (Å²) in [7, 11) is 0. The molecule has 0 spiro atoms. The Hall–Kier alpha value is -1.99. The number of ether oxygens (including phenoxy) is 1. The third-order valence-corrected chi connectivity index (χ3v) is 1.96. The van der Waals surface area contributed by atoms with E-state index in [1.807, 2.05) is 0 Å². The third-order valence-electron chi connectivity index (χ3n) is 1.96. The molecule has 1 aromatic rings. The molecule has 0 radical (unpaired) electrons. The van der Waals surface area contributed by atoms with Gasteiger partial charge in [0.2, 0.25) is 0 Å². The summed E-state index contributed by atoms with van der Waals surface area (Å²) in [5, 5.41) is 0. The van der Waals surface area contributed by atoms with Crippen LogP contribution in [0.1, 0.15) is 26.3 Å². The van der Waals surface area contributed by atoms with E-state index < -0.39 is 35.2 Å². The minimum Gasteiger partial charge on any atom is -0.433 e. The van der Waals surface area contributed by atoms with Gasteiger partial charge in [0.25, 0.3) is 0 Å². The smallest absolute Gasteiger partial charge is 0.420 e. The summed E-state index contributed by atoms with van der Waals surface area (Å²) < 4.78 is 65.8. The molecular weight excluding hydrogens is 263 g/mol. The molecule has 1 aromatic carbocycles. The van der Waals surface area contributed by atoms with Crippen LogP contribution >= 0.6 is 0 Å². The maximum absolute atomic E-state index is 12.7. The van der Waals surface area contributed by atoms with Gasteiger partial charge in [0, 0.05) is 5.56 Å². The second-order valence-corrected chi connectivity index (χ2v) is 3.06. The van der Waals surface area contributed by atoms with Gasteiger partial charge in [0.15, 0.2) is 12.6 Å². The van der Waals surface area contributed by atoms with Crippen molar-refractivity contribution in [3.8, 4) is 5.75 Å². The van der Waals surface area contributed by atoms with Crippen molar-refractivity contribution in [2.24, 2.45) is 0 Å². The second-order valence-electron chi connectivity index (χ2n) is 3.06. The van der Waals surface area contributed by atoms with Gasteiger partial charge >= 0.3 is 12.8 Å². The molecule has 98 valence electrons. The lowest BCUT2D eigenvalue weighted by molar-refractivity contribution is -0.142. The number of rotatable bonds is 4. The van der Waals surface area contributed by atoms with Crippen LogP contribution in [-0.4, -0.2) is 19.2 Å². The fourth-order valence-electron chi connectivity index (χ4n) is 1.31. The van der Waals surface area contributed by atoms with Crippen molar-refractivity contribution in [2.75, 3.05) is 0 Å². The first-order valence-electron chi connectivity index (χ1n) is 4.40. The lowest BCUT2D eigenvalue weighted by atomic mass is 10.0. The predicted molar refractivity (Wildman–Crippen MR) is 48.9 cm³/mol. The summed E-state index contributed by atoms with van der Waals surface area (Å²) in [5.74, 6) is -1.35. The molecule has 18 heavy (non-hydrogen) atoms. The molecule has 0 N–H and O–H groups in total. The first-order valence-corrected chi connectivity index (χ1v) is 4.40. The van der Waals surface area contributed by atoms with E-state index >= 15 is 0 Å². The standard InChI is InChI=1S/C10H5F5O3/c11-9(12)18-8-6(4-17)2-1-5(3-16)7(8)10(13,14)15/h1-4,9H. The topological polar surface area (TPSA) is 43.4 Å². The first-order chi connectivity index (χ1) is 8.31.